The molecule has 0 aliphatic heterocycles. The van der Waals surface area contributed by atoms with E-state index in [1.165, 1.54) is 11.3 Å². The van der Waals surface area contributed by atoms with E-state index < -0.39 is 5.97 Å². The molecule has 0 fully saturated rings. The Hall–Kier alpha value is -2.90. The molecule has 1 amide bonds. The molecule has 7 heteroatoms. The molecular formula is C21H22N2O4S. The summed E-state index contributed by atoms with van der Waals surface area (Å²) in [5.41, 5.74) is 2.04. The minimum absolute atomic E-state index is 0.168. The Balaban J connectivity index is 1.76. The number of ether oxygens (including phenoxy) is 1. The smallest absolute Gasteiger partial charge is 0.341 e. The third-order valence-electron chi connectivity index (χ3n) is 4.03. The number of rotatable bonds is 8. The minimum Gasteiger partial charge on any atom is -0.468 e. The Morgan fingerprint density at radius 3 is 2.64 bits per heavy atom. The molecule has 1 N–H and O–H groups in total. The average Bonchev–Trinajstić information content (AvgIpc) is 3.32. The second-order valence-electron chi connectivity index (χ2n) is 6.24. The van der Waals surface area contributed by atoms with E-state index in [0.29, 0.717) is 17.1 Å². The summed E-state index contributed by atoms with van der Waals surface area (Å²) in [5, 5.41) is 5.22. The van der Waals surface area contributed by atoms with Gasteiger partial charge in [-0.15, -0.1) is 11.3 Å². The summed E-state index contributed by atoms with van der Waals surface area (Å²) in [7, 11) is 1.83. The topological polar surface area (TPSA) is 71.8 Å². The number of carbonyl (C=O) groups excluding carboxylic acids is 2. The zero-order valence-corrected chi connectivity index (χ0v) is 16.6. The highest BCUT2D eigenvalue weighted by molar-refractivity contribution is 7.15. The molecule has 0 atom stereocenters. The lowest BCUT2D eigenvalue weighted by molar-refractivity contribution is -0.117. The van der Waals surface area contributed by atoms with Gasteiger partial charge < -0.3 is 14.5 Å². The molecule has 0 saturated heterocycles. The Morgan fingerprint density at radius 2 is 1.96 bits per heavy atom. The van der Waals surface area contributed by atoms with Gasteiger partial charge in [0.25, 0.3) is 0 Å². The van der Waals surface area contributed by atoms with Crippen LogP contribution in [0.4, 0.5) is 5.00 Å². The third kappa shape index (κ3) is 4.88. The molecule has 0 saturated carbocycles. The second kappa shape index (κ2) is 9.34. The van der Waals surface area contributed by atoms with E-state index in [2.05, 4.69) is 5.32 Å². The number of amides is 1. The summed E-state index contributed by atoms with van der Waals surface area (Å²) in [4.78, 5) is 26.9. The Kier molecular flexibility index (Phi) is 6.62. The Labute approximate surface area is 167 Å². The molecule has 2 aromatic heterocycles. The van der Waals surface area contributed by atoms with Gasteiger partial charge in [0.15, 0.2) is 0 Å². The molecule has 146 valence electrons. The van der Waals surface area contributed by atoms with Gasteiger partial charge in [-0.1, -0.05) is 30.3 Å². The SMILES string of the molecule is CCOC(=O)c1c(-c2ccccc2)csc1NC(=O)CN(C)Cc1ccco1. The van der Waals surface area contributed by atoms with Crippen LogP contribution in [0, 0.1) is 0 Å². The number of anilines is 1. The fourth-order valence-corrected chi connectivity index (χ4v) is 3.80. The molecule has 3 aromatic rings. The number of esters is 1. The number of nitrogens with one attached hydrogen (secondary N) is 1. The highest BCUT2D eigenvalue weighted by Crippen LogP contribution is 2.36. The van der Waals surface area contributed by atoms with Gasteiger partial charge in [0.1, 0.15) is 16.3 Å². The van der Waals surface area contributed by atoms with Crippen LogP contribution in [-0.2, 0) is 16.1 Å². The van der Waals surface area contributed by atoms with Gasteiger partial charge in [0, 0.05) is 10.9 Å². The van der Waals surface area contributed by atoms with Gasteiger partial charge in [-0.05, 0) is 31.7 Å². The summed E-state index contributed by atoms with van der Waals surface area (Å²) in [5.74, 6) is 0.132. The lowest BCUT2D eigenvalue weighted by atomic mass is 10.0. The monoisotopic (exact) mass is 398 g/mol. The van der Waals surface area contributed by atoms with Crippen molar-refractivity contribution in [2.75, 3.05) is 25.5 Å². The molecular weight excluding hydrogens is 376 g/mol. The van der Waals surface area contributed by atoms with Gasteiger partial charge in [0.2, 0.25) is 5.91 Å². The van der Waals surface area contributed by atoms with Gasteiger partial charge in [0.05, 0.1) is 26.0 Å². The second-order valence-corrected chi connectivity index (χ2v) is 7.12. The third-order valence-corrected chi connectivity index (χ3v) is 4.92. The van der Waals surface area contributed by atoms with E-state index in [1.54, 1.807) is 13.2 Å². The maximum atomic E-state index is 12.5. The van der Waals surface area contributed by atoms with Crippen LogP contribution in [0.2, 0.25) is 0 Å². The zero-order chi connectivity index (χ0) is 19.9. The van der Waals surface area contributed by atoms with Crippen molar-refractivity contribution in [3.05, 3.63) is 65.4 Å². The minimum atomic E-state index is -0.443. The van der Waals surface area contributed by atoms with Crippen molar-refractivity contribution in [3.8, 4) is 11.1 Å². The number of nitrogens with zero attached hydrogens (tertiary/aromatic N) is 1. The summed E-state index contributed by atoms with van der Waals surface area (Å²) in [6, 6.07) is 13.2. The van der Waals surface area contributed by atoms with Crippen molar-refractivity contribution in [3.63, 3.8) is 0 Å². The molecule has 28 heavy (non-hydrogen) atoms. The lowest BCUT2D eigenvalue weighted by Crippen LogP contribution is -2.30. The molecule has 0 aliphatic rings. The van der Waals surface area contributed by atoms with Crippen molar-refractivity contribution < 1.29 is 18.7 Å². The highest BCUT2D eigenvalue weighted by Gasteiger charge is 2.23. The fourth-order valence-electron chi connectivity index (χ4n) is 2.82. The lowest BCUT2D eigenvalue weighted by Gasteiger charge is -2.15. The van der Waals surface area contributed by atoms with E-state index in [0.717, 1.165) is 16.9 Å². The van der Waals surface area contributed by atoms with Crippen LogP contribution in [0.5, 0.6) is 0 Å². The standard InChI is InChI=1S/C21H22N2O4S/c1-3-26-21(25)19-17(15-8-5-4-6-9-15)14-28-20(19)22-18(24)13-23(2)12-16-10-7-11-27-16/h4-11,14H,3,12-13H2,1-2H3,(H,22,24). The molecule has 0 radical (unpaired) electrons. The molecule has 0 spiro atoms. The number of hydrogen-bond donors (Lipinski definition) is 1. The van der Waals surface area contributed by atoms with Gasteiger partial charge in [-0.25, -0.2) is 4.79 Å². The number of likely N-dealkylation sites (N-methyl/N-ethyl adjacent to an activating group) is 1. The van der Waals surface area contributed by atoms with Crippen molar-refractivity contribution in [2.45, 2.75) is 13.5 Å². The maximum absolute atomic E-state index is 12.5. The van der Waals surface area contributed by atoms with Crippen molar-refractivity contribution >= 4 is 28.2 Å². The van der Waals surface area contributed by atoms with Crippen LogP contribution in [-0.4, -0.2) is 37.0 Å². The predicted molar refractivity (Wildman–Crippen MR) is 109 cm³/mol. The average molecular weight is 398 g/mol. The fraction of sp³-hybridized carbons (Fsp3) is 0.238. The van der Waals surface area contributed by atoms with Crippen LogP contribution < -0.4 is 5.32 Å². The summed E-state index contributed by atoms with van der Waals surface area (Å²) in [6.07, 6.45) is 1.60. The Bertz CT molecular complexity index is 919. The maximum Gasteiger partial charge on any atom is 0.341 e. The van der Waals surface area contributed by atoms with E-state index >= 15 is 0 Å². The first kappa shape index (κ1) is 19.9. The number of furan rings is 1. The molecule has 0 unspecified atom stereocenters. The number of benzene rings is 1. The van der Waals surface area contributed by atoms with E-state index in [4.69, 9.17) is 9.15 Å². The van der Waals surface area contributed by atoms with Crippen LogP contribution >= 0.6 is 11.3 Å². The van der Waals surface area contributed by atoms with E-state index in [1.807, 2.05) is 59.8 Å². The van der Waals surface area contributed by atoms with Gasteiger partial charge >= 0.3 is 5.97 Å². The first-order chi connectivity index (χ1) is 13.6. The first-order valence-electron chi connectivity index (χ1n) is 8.93. The van der Waals surface area contributed by atoms with Crippen molar-refractivity contribution in [2.24, 2.45) is 0 Å². The normalized spacial score (nSPS) is 10.8. The van der Waals surface area contributed by atoms with Crippen molar-refractivity contribution in [1.82, 2.24) is 4.90 Å². The molecule has 1 aromatic carbocycles. The van der Waals surface area contributed by atoms with Crippen molar-refractivity contribution in [1.29, 1.82) is 0 Å². The van der Waals surface area contributed by atoms with Gasteiger partial charge in [-0.3, -0.25) is 9.69 Å². The Morgan fingerprint density at radius 1 is 1.18 bits per heavy atom. The molecule has 0 aliphatic carbocycles. The molecule has 6 nitrogen and oxygen atoms in total. The molecule has 3 rings (SSSR count). The van der Waals surface area contributed by atoms with Crippen LogP contribution in [0.15, 0.2) is 58.5 Å². The van der Waals surface area contributed by atoms with Gasteiger partial charge in [-0.2, -0.15) is 0 Å². The van der Waals surface area contributed by atoms with Crippen LogP contribution in [0.1, 0.15) is 23.0 Å². The van der Waals surface area contributed by atoms with E-state index in [-0.39, 0.29) is 19.1 Å². The van der Waals surface area contributed by atoms with E-state index in [9.17, 15) is 9.59 Å². The summed E-state index contributed by atoms with van der Waals surface area (Å²) in [6.45, 7) is 2.71. The molecule has 2 heterocycles. The number of thiophene rings is 1. The summed E-state index contributed by atoms with van der Waals surface area (Å²) < 4.78 is 10.5. The first-order valence-corrected chi connectivity index (χ1v) is 9.81. The largest absolute Gasteiger partial charge is 0.468 e. The number of carbonyl (C=O) groups is 2. The van der Waals surface area contributed by atoms with Crippen LogP contribution in [0.3, 0.4) is 0 Å². The zero-order valence-electron chi connectivity index (χ0n) is 15.8. The number of hydrogen-bond acceptors (Lipinski definition) is 6. The highest BCUT2D eigenvalue weighted by atomic mass is 32.1. The summed E-state index contributed by atoms with van der Waals surface area (Å²) >= 11 is 1.32. The predicted octanol–water partition coefficient (Wildman–Crippen LogP) is 4.26. The quantitative estimate of drug-likeness (QED) is 0.574. The molecule has 0 bridgehead atoms. The van der Waals surface area contributed by atoms with Crippen LogP contribution in [0.25, 0.3) is 11.1 Å².